The molecule has 26 heavy (non-hydrogen) atoms. The third-order valence-electron chi connectivity index (χ3n) is 4.73. The highest BCUT2D eigenvalue weighted by Crippen LogP contribution is 2.31. The monoisotopic (exact) mass is 353 g/mol. The van der Waals surface area contributed by atoms with Gasteiger partial charge in [-0.15, -0.1) is 0 Å². The Morgan fingerprint density at radius 2 is 2.04 bits per heavy atom. The fraction of sp³-hybridized carbons (Fsp3) is 0.333. The zero-order valence-corrected chi connectivity index (χ0v) is 14.1. The SMILES string of the molecule is O=C(CCn1[nH]c(=O)ccc1=O)N1CCCC1c1nc2ccccc2[nH]1. The first-order valence-corrected chi connectivity index (χ1v) is 8.66. The number of H-pyrrole nitrogens is 2. The van der Waals surface area contributed by atoms with Crippen molar-refractivity contribution in [1.29, 1.82) is 0 Å². The summed E-state index contributed by atoms with van der Waals surface area (Å²) in [6.07, 6.45) is 1.92. The van der Waals surface area contributed by atoms with Gasteiger partial charge in [-0.25, -0.2) is 9.67 Å². The lowest BCUT2D eigenvalue weighted by molar-refractivity contribution is -0.132. The van der Waals surface area contributed by atoms with Gasteiger partial charge >= 0.3 is 0 Å². The number of aromatic nitrogens is 4. The van der Waals surface area contributed by atoms with Crippen molar-refractivity contribution in [2.45, 2.75) is 31.8 Å². The Hall–Kier alpha value is -3.16. The number of imidazole rings is 1. The molecule has 1 saturated heterocycles. The first kappa shape index (κ1) is 16.3. The molecular formula is C18H19N5O3. The first-order valence-electron chi connectivity index (χ1n) is 8.66. The number of hydrogen-bond acceptors (Lipinski definition) is 4. The molecule has 1 unspecified atom stereocenters. The number of likely N-dealkylation sites (tertiary alicyclic amines) is 1. The van der Waals surface area contributed by atoms with Gasteiger partial charge in [-0.2, -0.15) is 0 Å². The van der Waals surface area contributed by atoms with Crippen LogP contribution in [0.25, 0.3) is 11.0 Å². The molecule has 3 aromatic rings. The molecule has 1 aromatic carbocycles. The Morgan fingerprint density at radius 3 is 2.88 bits per heavy atom. The zero-order chi connectivity index (χ0) is 18.1. The van der Waals surface area contributed by atoms with E-state index in [1.165, 1.54) is 16.8 Å². The number of carbonyl (C=O) groups excluding carboxylic acids is 1. The van der Waals surface area contributed by atoms with Crippen molar-refractivity contribution in [3.05, 3.63) is 62.9 Å². The Balaban J connectivity index is 1.50. The second-order valence-electron chi connectivity index (χ2n) is 6.43. The minimum absolute atomic E-state index is 0.0513. The van der Waals surface area contributed by atoms with Gasteiger partial charge in [0.25, 0.3) is 11.1 Å². The van der Waals surface area contributed by atoms with E-state index in [0.717, 1.165) is 29.7 Å². The molecule has 8 nitrogen and oxygen atoms in total. The number of nitrogens with one attached hydrogen (secondary N) is 2. The number of benzene rings is 1. The molecule has 0 spiro atoms. The van der Waals surface area contributed by atoms with Gasteiger partial charge in [0, 0.05) is 25.1 Å². The molecule has 2 N–H and O–H groups in total. The van der Waals surface area contributed by atoms with Gasteiger partial charge in [-0.3, -0.25) is 19.5 Å². The molecular weight excluding hydrogens is 334 g/mol. The Kier molecular flexibility index (Phi) is 4.16. The highest BCUT2D eigenvalue weighted by Gasteiger charge is 2.31. The summed E-state index contributed by atoms with van der Waals surface area (Å²) in [7, 11) is 0. The van der Waals surface area contributed by atoms with E-state index in [1.807, 2.05) is 29.2 Å². The fourth-order valence-electron chi connectivity index (χ4n) is 3.46. The molecule has 0 aliphatic carbocycles. The lowest BCUT2D eigenvalue weighted by atomic mass is 10.2. The number of aromatic amines is 2. The van der Waals surface area contributed by atoms with Crippen molar-refractivity contribution >= 4 is 16.9 Å². The smallest absolute Gasteiger partial charge is 0.265 e. The Bertz CT molecular complexity index is 1030. The van der Waals surface area contributed by atoms with Crippen LogP contribution in [-0.2, 0) is 11.3 Å². The van der Waals surface area contributed by atoms with Crippen molar-refractivity contribution in [2.24, 2.45) is 0 Å². The van der Waals surface area contributed by atoms with E-state index in [-0.39, 0.29) is 36.0 Å². The lowest BCUT2D eigenvalue weighted by Gasteiger charge is -2.23. The fourth-order valence-corrected chi connectivity index (χ4v) is 3.46. The van der Waals surface area contributed by atoms with Crippen LogP contribution in [0.15, 0.2) is 46.0 Å². The van der Waals surface area contributed by atoms with Crippen molar-refractivity contribution in [3.8, 4) is 0 Å². The number of para-hydroxylation sites is 2. The standard InChI is InChI=1S/C18H19N5O3/c24-15-7-8-17(26)23(21-15)11-9-16(25)22-10-3-6-14(22)18-19-12-4-1-2-5-13(12)20-18/h1-2,4-5,7-8,14H,3,6,9-11H2,(H,19,20)(H,21,24). The van der Waals surface area contributed by atoms with Crippen LogP contribution in [0.3, 0.4) is 0 Å². The second-order valence-corrected chi connectivity index (χ2v) is 6.43. The minimum atomic E-state index is -0.363. The molecule has 1 aliphatic heterocycles. The van der Waals surface area contributed by atoms with E-state index in [2.05, 4.69) is 15.1 Å². The largest absolute Gasteiger partial charge is 0.340 e. The van der Waals surface area contributed by atoms with Gasteiger partial charge in [0.05, 0.1) is 23.6 Å². The summed E-state index contributed by atoms with van der Waals surface area (Å²) in [6.45, 7) is 0.817. The number of carbonyl (C=O) groups is 1. The highest BCUT2D eigenvalue weighted by molar-refractivity contribution is 5.78. The molecule has 1 aliphatic rings. The third kappa shape index (κ3) is 3.05. The van der Waals surface area contributed by atoms with Crippen molar-refractivity contribution in [1.82, 2.24) is 24.6 Å². The molecule has 1 atom stereocenters. The van der Waals surface area contributed by atoms with Crippen molar-refractivity contribution in [3.63, 3.8) is 0 Å². The van der Waals surface area contributed by atoms with Crippen LogP contribution in [0.1, 0.15) is 31.1 Å². The highest BCUT2D eigenvalue weighted by atomic mass is 16.2. The van der Waals surface area contributed by atoms with Crippen LogP contribution < -0.4 is 11.1 Å². The van der Waals surface area contributed by atoms with Gasteiger partial charge < -0.3 is 9.88 Å². The lowest BCUT2D eigenvalue weighted by Crippen LogP contribution is -2.34. The summed E-state index contributed by atoms with van der Waals surface area (Å²) in [5.41, 5.74) is 1.15. The molecule has 1 amide bonds. The Morgan fingerprint density at radius 1 is 1.19 bits per heavy atom. The van der Waals surface area contributed by atoms with Gasteiger partial charge in [-0.1, -0.05) is 12.1 Å². The predicted molar refractivity (Wildman–Crippen MR) is 95.7 cm³/mol. The van der Waals surface area contributed by atoms with Crippen molar-refractivity contribution < 1.29 is 4.79 Å². The number of rotatable bonds is 4. The number of nitrogens with zero attached hydrogens (tertiary/aromatic N) is 3. The van der Waals surface area contributed by atoms with Crippen LogP contribution in [0.5, 0.6) is 0 Å². The molecule has 4 rings (SSSR count). The summed E-state index contributed by atoms with van der Waals surface area (Å²) >= 11 is 0. The number of amides is 1. The van der Waals surface area contributed by atoms with Gasteiger partial charge in [0.2, 0.25) is 5.91 Å². The van der Waals surface area contributed by atoms with E-state index < -0.39 is 0 Å². The van der Waals surface area contributed by atoms with Crippen LogP contribution in [0.2, 0.25) is 0 Å². The molecule has 0 bridgehead atoms. The summed E-state index contributed by atoms with van der Waals surface area (Å²) in [5.74, 6) is 0.742. The molecule has 1 fully saturated rings. The topological polar surface area (TPSA) is 104 Å². The van der Waals surface area contributed by atoms with E-state index in [0.29, 0.717) is 6.54 Å². The average molecular weight is 353 g/mol. The average Bonchev–Trinajstić information content (AvgIpc) is 3.28. The van der Waals surface area contributed by atoms with Crippen LogP contribution in [0, 0.1) is 0 Å². The minimum Gasteiger partial charge on any atom is -0.340 e. The number of fused-ring (bicyclic) bond motifs is 1. The summed E-state index contributed by atoms with van der Waals surface area (Å²) in [6, 6.07) is 10.1. The number of aryl methyl sites for hydroxylation is 1. The number of hydrogen-bond donors (Lipinski definition) is 2. The summed E-state index contributed by atoms with van der Waals surface area (Å²) in [4.78, 5) is 45.5. The first-order chi connectivity index (χ1) is 12.6. The molecule has 134 valence electrons. The molecule has 0 radical (unpaired) electrons. The Labute approximate surface area is 148 Å². The van der Waals surface area contributed by atoms with E-state index >= 15 is 0 Å². The van der Waals surface area contributed by atoms with E-state index in [9.17, 15) is 14.4 Å². The van der Waals surface area contributed by atoms with Crippen molar-refractivity contribution in [2.75, 3.05) is 6.54 Å². The van der Waals surface area contributed by atoms with Crippen LogP contribution in [-0.4, -0.2) is 37.1 Å². The summed E-state index contributed by atoms with van der Waals surface area (Å²) < 4.78 is 1.17. The maximum absolute atomic E-state index is 12.7. The van der Waals surface area contributed by atoms with Gasteiger partial charge in [-0.05, 0) is 25.0 Å². The zero-order valence-electron chi connectivity index (χ0n) is 14.1. The quantitative estimate of drug-likeness (QED) is 0.734. The molecule has 8 heteroatoms. The van der Waals surface area contributed by atoms with Crippen LogP contribution >= 0.6 is 0 Å². The van der Waals surface area contributed by atoms with Gasteiger partial charge in [0.1, 0.15) is 5.82 Å². The molecule has 3 heterocycles. The van der Waals surface area contributed by atoms with E-state index in [4.69, 9.17) is 0 Å². The van der Waals surface area contributed by atoms with E-state index in [1.54, 1.807) is 0 Å². The predicted octanol–water partition coefficient (Wildman–Crippen LogP) is 1.17. The maximum atomic E-state index is 12.7. The van der Waals surface area contributed by atoms with Gasteiger partial charge in [0.15, 0.2) is 0 Å². The second kappa shape index (κ2) is 6.62. The molecule has 0 saturated carbocycles. The van der Waals surface area contributed by atoms with Crippen LogP contribution in [0.4, 0.5) is 0 Å². The summed E-state index contributed by atoms with van der Waals surface area (Å²) in [5, 5.41) is 2.44. The normalized spacial score (nSPS) is 17.1. The third-order valence-corrected chi connectivity index (χ3v) is 4.73. The maximum Gasteiger partial charge on any atom is 0.265 e. The molecule has 2 aromatic heterocycles.